The van der Waals surface area contributed by atoms with Crippen LogP contribution in [0.2, 0.25) is 5.02 Å². The van der Waals surface area contributed by atoms with Gasteiger partial charge in [0.15, 0.2) is 0 Å². The number of nitrogens with one attached hydrogen (secondary N) is 1. The maximum absolute atomic E-state index is 12.2. The van der Waals surface area contributed by atoms with Gasteiger partial charge in [0.25, 0.3) is 0 Å². The van der Waals surface area contributed by atoms with Gasteiger partial charge in [-0.3, -0.25) is 5.32 Å². The fraction of sp³-hybridized carbons (Fsp3) is 0.440. The monoisotopic (exact) mass is 458 g/mol. The summed E-state index contributed by atoms with van der Waals surface area (Å²) in [6.45, 7) is 7.28. The fourth-order valence-electron chi connectivity index (χ4n) is 3.59. The Kier molecular flexibility index (Phi) is 8.02. The maximum atomic E-state index is 12.2. The van der Waals surface area contributed by atoms with E-state index in [1.165, 1.54) is 5.56 Å². The number of amides is 2. The maximum Gasteiger partial charge on any atom is 0.411 e. The molecule has 0 spiro atoms. The van der Waals surface area contributed by atoms with Gasteiger partial charge in [0, 0.05) is 23.8 Å². The Morgan fingerprint density at radius 3 is 2.19 bits per heavy atom. The van der Waals surface area contributed by atoms with Crippen LogP contribution in [0.3, 0.4) is 0 Å². The van der Waals surface area contributed by atoms with Crippen molar-refractivity contribution in [3.05, 3.63) is 64.7 Å². The molecule has 2 amide bonds. The molecule has 3 rings (SSSR count). The van der Waals surface area contributed by atoms with Crippen LogP contribution in [0.5, 0.6) is 0 Å². The number of benzene rings is 2. The standard InChI is InChI=1S/C25H31ClN2O4/c1-25(2,3)32-24(30)28-14-12-19(13-15-28)16-18-6-10-22(11-7-18)27-23(29)31-17-20-4-8-21(26)9-5-20/h4-11,19H,12-17H2,1-3H3,(H,27,29). The number of ether oxygens (including phenoxy) is 2. The van der Waals surface area contributed by atoms with Crippen LogP contribution in [0.1, 0.15) is 44.7 Å². The quantitative estimate of drug-likeness (QED) is 0.572. The topological polar surface area (TPSA) is 67.9 Å². The van der Waals surface area contributed by atoms with Gasteiger partial charge in [-0.2, -0.15) is 0 Å². The highest BCUT2D eigenvalue weighted by Crippen LogP contribution is 2.24. The molecular formula is C25H31ClN2O4. The van der Waals surface area contributed by atoms with E-state index in [9.17, 15) is 9.59 Å². The molecular weight excluding hydrogens is 428 g/mol. The second kappa shape index (κ2) is 10.7. The van der Waals surface area contributed by atoms with Crippen molar-refractivity contribution >= 4 is 29.5 Å². The van der Waals surface area contributed by atoms with Gasteiger partial charge < -0.3 is 14.4 Å². The van der Waals surface area contributed by atoms with Crippen molar-refractivity contribution in [2.45, 2.75) is 52.2 Å². The molecule has 1 saturated heterocycles. The summed E-state index contributed by atoms with van der Waals surface area (Å²) in [5, 5.41) is 3.39. The zero-order valence-corrected chi connectivity index (χ0v) is 19.7. The third kappa shape index (κ3) is 7.75. The summed E-state index contributed by atoms with van der Waals surface area (Å²) in [7, 11) is 0. The van der Waals surface area contributed by atoms with Gasteiger partial charge in [0.2, 0.25) is 0 Å². The van der Waals surface area contributed by atoms with E-state index in [2.05, 4.69) is 5.32 Å². The Morgan fingerprint density at radius 2 is 1.59 bits per heavy atom. The van der Waals surface area contributed by atoms with Crippen LogP contribution in [-0.4, -0.2) is 35.8 Å². The lowest BCUT2D eigenvalue weighted by Crippen LogP contribution is -2.42. The summed E-state index contributed by atoms with van der Waals surface area (Å²) in [6.07, 6.45) is 2.13. The summed E-state index contributed by atoms with van der Waals surface area (Å²) in [4.78, 5) is 26.0. The predicted molar refractivity (Wildman–Crippen MR) is 126 cm³/mol. The van der Waals surface area contributed by atoms with E-state index in [1.807, 2.05) is 57.2 Å². The molecule has 0 unspecified atom stereocenters. The van der Waals surface area contributed by atoms with Gasteiger partial charge in [-0.25, -0.2) is 9.59 Å². The molecule has 172 valence electrons. The van der Waals surface area contributed by atoms with Crippen LogP contribution in [0.15, 0.2) is 48.5 Å². The molecule has 0 radical (unpaired) electrons. The second-order valence-electron chi connectivity index (χ2n) is 9.14. The molecule has 1 N–H and O–H groups in total. The number of carbonyl (C=O) groups is 2. The van der Waals surface area contributed by atoms with Crippen molar-refractivity contribution in [3.63, 3.8) is 0 Å². The molecule has 0 aromatic heterocycles. The summed E-state index contributed by atoms with van der Waals surface area (Å²) in [5.74, 6) is 0.525. The molecule has 1 aliphatic rings. The number of likely N-dealkylation sites (tertiary alicyclic amines) is 1. The zero-order chi connectivity index (χ0) is 23.1. The molecule has 2 aromatic carbocycles. The lowest BCUT2D eigenvalue weighted by Gasteiger charge is -2.33. The Morgan fingerprint density at radius 1 is 1.00 bits per heavy atom. The summed E-state index contributed by atoms with van der Waals surface area (Å²) < 4.78 is 10.7. The summed E-state index contributed by atoms with van der Waals surface area (Å²) >= 11 is 5.85. The molecule has 1 aliphatic heterocycles. The summed E-state index contributed by atoms with van der Waals surface area (Å²) in [6, 6.07) is 15.0. The van der Waals surface area contributed by atoms with E-state index in [0.717, 1.165) is 37.9 Å². The first-order valence-corrected chi connectivity index (χ1v) is 11.3. The lowest BCUT2D eigenvalue weighted by atomic mass is 9.90. The van der Waals surface area contributed by atoms with Crippen molar-refractivity contribution in [1.29, 1.82) is 0 Å². The molecule has 0 saturated carbocycles. The number of piperidine rings is 1. The highest BCUT2D eigenvalue weighted by Gasteiger charge is 2.26. The molecule has 0 atom stereocenters. The average Bonchev–Trinajstić information content (AvgIpc) is 2.74. The highest BCUT2D eigenvalue weighted by atomic mass is 35.5. The van der Waals surface area contributed by atoms with E-state index in [-0.39, 0.29) is 12.7 Å². The predicted octanol–water partition coefficient (Wildman–Crippen LogP) is 6.28. The second-order valence-corrected chi connectivity index (χ2v) is 9.58. The molecule has 0 bridgehead atoms. The normalized spacial score (nSPS) is 14.7. The van der Waals surface area contributed by atoms with Crippen LogP contribution in [0.4, 0.5) is 15.3 Å². The number of halogens is 1. The number of hydrogen-bond donors (Lipinski definition) is 1. The van der Waals surface area contributed by atoms with Crippen LogP contribution in [0.25, 0.3) is 0 Å². The van der Waals surface area contributed by atoms with Gasteiger partial charge in [-0.15, -0.1) is 0 Å². The number of nitrogens with zero attached hydrogens (tertiary/aromatic N) is 1. The molecule has 1 fully saturated rings. The van der Waals surface area contributed by atoms with Crippen molar-refractivity contribution in [2.24, 2.45) is 5.92 Å². The largest absolute Gasteiger partial charge is 0.444 e. The van der Waals surface area contributed by atoms with Crippen molar-refractivity contribution in [1.82, 2.24) is 4.90 Å². The smallest absolute Gasteiger partial charge is 0.411 e. The summed E-state index contributed by atoms with van der Waals surface area (Å²) in [5.41, 5.74) is 2.31. The van der Waals surface area contributed by atoms with Crippen LogP contribution in [-0.2, 0) is 22.5 Å². The highest BCUT2D eigenvalue weighted by molar-refractivity contribution is 6.30. The van der Waals surface area contributed by atoms with Gasteiger partial charge >= 0.3 is 12.2 Å². The first-order valence-electron chi connectivity index (χ1n) is 10.9. The van der Waals surface area contributed by atoms with E-state index < -0.39 is 11.7 Å². The fourth-order valence-corrected chi connectivity index (χ4v) is 3.71. The molecule has 1 heterocycles. The first kappa shape index (κ1) is 23.9. The van der Waals surface area contributed by atoms with Crippen molar-refractivity contribution < 1.29 is 19.1 Å². The Hall–Kier alpha value is -2.73. The van der Waals surface area contributed by atoms with Crippen LogP contribution >= 0.6 is 11.6 Å². The minimum Gasteiger partial charge on any atom is -0.444 e. The van der Waals surface area contributed by atoms with Gasteiger partial charge in [-0.1, -0.05) is 35.9 Å². The molecule has 6 nitrogen and oxygen atoms in total. The van der Waals surface area contributed by atoms with Crippen molar-refractivity contribution in [3.8, 4) is 0 Å². The van der Waals surface area contributed by atoms with Crippen LogP contribution < -0.4 is 5.32 Å². The lowest BCUT2D eigenvalue weighted by molar-refractivity contribution is 0.0184. The molecule has 0 aliphatic carbocycles. The van der Waals surface area contributed by atoms with Gasteiger partial charge in [-0.05, 0) is 81.3 Å². The Bertz CT molecular complexity index is 899. The number of hydrogen-bond acceptors (Lipinski definition) is 4. The third-order valence-corrected chi connectivity index (χ3v) is 5.53. The molecule has 32 heavy (non-hydrogen) atoms. The van der Waals surface area contributed by atoms with Crippen LogP contribution in [0, 0.1) is 5.92 Å². The van der Waals surface area contributed by atoms with Crippen molar-refractivity contribution in [2.75, 3.05) is 18.4 Å². The minimum atomic E-state index is -0.498. The van der Waals surface area contributed by atoms with Gasteiger partial charge in [0.1, 0.15) is 12.2 Å². The Balaban J connectivity index is 1.40. The zero-order valence-electron chi connectivity index (χ0n) is 18.9. The number of anilines is 1. The molecule has 2 aromatic rings. The first-order chi connectivity index (χ1) is 15.2. The number of carbonyl (C=O) groups excluding carboxylic acids is 2. The number of rotatable bonds is 5. The Labute approximate surface area is 194 Å². The van der Waals surface area contributed by atoms with E-state index in [0.29, 0.717) is 16.6 Å². The van der Waals surface area contributed by atoms with E-state index in [1.54, 1.807) is 17.0 Å². The third-order valence-electron chi connectivity index (χ3n) is 5.27. The molecule has 7 heteroatoms. The minimum absolute atomic E-state index is 0.184. The van der Waals surface area contributed by atoms with E-state index in [4.69, 9.17) is 21.1 Å². The van der Waals surface area contributed by atoms with E-state index >= 15 is 0 Å². The average molecular weight is 459 g/mol. The SMILES string of the molecule is CC(C)(C)OC(=O)N1CCC(Cc2ccc(NC(=O)OCc3ccc(Cl)cc3)cc2)CC1. The van der Waals surface area contributed by atoms with Gasteiger partial charge in [0.05, 0.1) is 0 Å².